The number of aromatic nitrogens is 2. The second-order valence-corrected chi connectivity index (χ2v) is 4.32. The van der Waals surface area contributed by atoms with Gasteiger partial charge in [-0.1, -0.05) is 30.7 Å². The van der Waals surface area contributed by atoms with Gasteiger partial charge in [0.2, 0.25) is 11.8 Å². The van der Waals surface area contributed by atoms with Crippen molar-refractivity contribution in [2.24, 2.45) is 5.73 Å². The number of anilines is 1. The van der Waals surface area contributed by atoms with E-state index in [2.05, 4.69) is 15.5 Å². The van der Waals surface area contributed by atoms with E-state index in [1.807, 2.05) is 13.8 Å². The molecular weight excluding hydrogens is 230 g/mol. The molecule has 0 radical (unpaired) electrons. The summed E-state index contributed by atoms with van der Waals surface area (Å²) in [4.78, 5) is 11.3. The summed E-state index contributed by atoms with van der Waals surface area (Å²) in [7, 11) is 0. The van der Waals surface area contributed by atoms with Crippen molar-refractivity contribution in [2.75, 3.05) is 11.1 Å². The number of carbonyl (C=O) groups excluding carboxylic acids is 1. The van der Waals surface area contributed by atoms with Gasteiger partial charge in [-0.15, -0.1) is 5.10 Å². The number of nitrogens with zero attached hydrogens (tertiary/aromatic N) is 2. The first kappa shape index (κ1) is 12.5. The van der Waals surface area contributed by atoms with E-state index in [-0.39, 0.29) is 28.8 Å². The Morgan fingerprint density at radius 3 is 2.81 bits per heavy atom. The van der Waals surface area contributed by atoms with E-state index in [1.54, 1.807) is 0 Å². The summed E-state index contributed by atoms with van der Waals surface area (Å²) in [6.45, 7) is 3.81. The van der Waals surface area contributed by atoms with Crippen molar-refractivity contribution in [1.82, 2.24) is 10.2 Å². The quantitative estimate of drug-likeness (QED) is 0.530. The van der Waals surface area contributed by atoms with Crippen LogP contribution in [0.15, 0.2) is 4.42 Å². The molecule has 0 aromatic carbocycles. The molecule has 0 bridgehead atoms. The summed E-state index contributed by atoms with van der Waals surface area (Å²) in [6, 6.07) is 0.0675. The molecule has 1 heterocycles. The van der Waals surface area contributed by atoms with Crippen LogP contribution in [0.3, 0.4) is 0 Å². The number of thioether (sulfide) groups is 1. The van der Waals surface area contributed by atoms with Gasteiger partial charge >= 0.3 is 6.01 Å². The Morgan fingerprint density at radius 2 is 2.31 bits per heavy atom. The molecule has 0 aliphatic heterocycles. The van der Waals surface area contributed by atoms with E-state index in [1.165, 1.54) is 0 Å². The van der Waals surface area contributed by atoms with Gasteiger partial charge in [-0.3, -0.25) is 15.5 Å². The highest BCUT2D eigenvalue weighted by atomic mass is 32.2. The van der Waals surface area contributed by atoms with Crippen LogP contribution in [0, 0.1) is 5.41 Å². The molecule has 0 atom stereocenters. The van der Waals surface area contributed by atoms with Crippen molar-refractivity contribution in [3.8, 4) is 0 Å². The third kappa shape index (κ3) is 3.89. The van der Waals surface area contributed by atoms with Crippen LogP contribution < -0.4 is 11.1 Å². The minimum Gasteiger partial charge on any atom is -0.408 e. The van der Waals surface area contributed by atoms with E-state index < -0.39 is 0 Å². The van der Waals surface area contributed by atoms with Crippen molar-refractivity contribution in [3.63, 3.8) is 0 Å². The lowest BCUT2D eigenvalue weighted by atomic mass is 10.2. The Morgan fingerprint density at radius 1 is 1.62 bits per heavy atom. The first-order valence-corrected chi connectivity index (χ1v) is 5.57. The van der Waals surface area contributed by atoms with Crippen LogP contribution in [0.4, 0.5) is 6.01 Å². The molecule has 0 unspecified atom stereocenters. The summed E-state index contributed by atoms with van der Waals surface area (Å²) in [6.07, 6.45) is 0. The molecule has 0 fully saturated rings. The highest BCUT2D eigenvalue weighted by molar-refractivity contribution is 8.14. The molecule has 1 aromatic heterocycles. The summed E-state index contributed by atoms with van der Waals surface area (Å²) >= 11 is 0.931. The van der Waals surface area contributed by atoms with Gasteiger partial charge in [-0.05, 0) is 0 Å². The Kier molecular flexibility index (Phi) is 4.29. The number of amidine groups is 1. The minimum absolute atomic E-state index is 0.0503. The predicted octanol–water partition coefficient (Wildman–Crippen LogP) is 0.758. The highest BCUT2D eigenvalue weighted by Gasteiger charge is 2.12. The monoisotopic (exact) mass is 243 g/mol. The lowest BCUT2D eigenvalue weighted by molar-refractivity contribution is -0.113. The average molecular weight is 243 g/mol. The maximum Gasteiger partial charge on any atom is 0.322 e. The highest BCUT2D eigenvalue weighted by Crippen LogP contribution is 2.14. The largest absolute Gasteiger partial charge is 0.408 e. The third-order valence-corrected chi connectivity index (χ3v) is 2.26. The van der Waals surface area contributed by atoms with Gasteiger partial charge in [0, 0.05) is 5.92 Å². The van der Waals surface area contributed by atoms with Gasteiger partial charge in [-0.25, -0.2) is 0 Å². The first-order valence-electron chi connectivity index (χ1n) is 4.59. The van der Waals surface area contributed by atoms with Crippen molar-refractivity contribution >= 4 is 28.9 Å². The molecule has 1 aromatic rings. The predicted molar refractivity (Wildman–Crippen MR) is 61.4 cm³/mol. The summed E-state index contributed by atoms with van der Waals surface area (Å²) in [5, 5.41) is 16.7. The van der Waals surface area contributed by atoms with Crippen LogP contribution in [0.5, 0.6) is 0 Å². The molecule has 16 heavy (non-hydrogen) atoms. The Labute approximate surface area is 96.7 Å². The zero-order valence-electron chi connectivity index (χ0n) is 8.98. The molecule has 4 N–H and O–H groups in total. The number of rotatable bonds is 4. The van der Waals surface area contributed by atoms with Crippen LogP contribution >= 0.6 is 11.8 Å². The maximum atomic E-state index is 11.3. The van der Waals surface area contributed by atoms with E-state index in [4.69, 9.17) is 15.6 Å². The average Bonchev–Trinajstić information content (AvgIpc) is 2.63. The van der Waals surface area contributed by atoms with Gasteiger partial charge in [0.25, 0.3) is 0 Å². The van der Waals surface area contributed by atoms with Crippen LogP contribution in [-0.4, -0.2) is 27.0 Å². The fourth-order valence-electron chi connectivity index (χ4n) is 0.817. The number of amides is 1. The number of hydrogen-bond donors (Lipinski definition) is 3. The topological polar surface area (TPSA) is 118 Å². The van der Waals surface area contributed by atoms with Gasteiger partial charge in [-0.2, -0.15) is 0 Å². The number of carbonyl (C=O) groups is 1. The zero-order chi connectivity index (χ0) is 12.1. The van der Waals surface area contributed by atoms with Crippen molar-refractivity contribution in [2.45, 2.75) is 19.8 Å². The molecule has 1 amide bonds. The number of nitrogens with one attached hydrogen (secondary N) is 2. The second-order valence-electron chi connectivity index (χ2n) is 3.30. The summed E-state index contributed by atoms with van der Waals surface area (Å²) in [5.74, 6) is 0.299. The molecule has 0 aliphatic carbocycles. The molecule has 0 saturated carbocycles. The van der Waals surface area contributed by atoms with Crippen LogP contribution in [0.25, 0.3) is 0 Å². The Hall–Kier alpha value is -1.57. The summed E-state index contributed by atoms with van der Waals surface area (Å²) in [5.41, 5.74) is 5.09. The fourth-order valence-corrected chi connectivity index (χ4v) is 1.18. The normalized spacial score (nSPS) is 10.4. The smallest absolute Gasteiger partial charge is 0.322 e. The molecule has 8 heteroatoms. The SMILES string of the molecule is CC(C)c1nnc(NC(=O)CSC(=N)N)o1. The van der Waals surface area contributed by atoms with E-state index >= 15 is 0 Å². The molecule has 0 saturated heterocycles. The van der Waals surface area contributed by atoms with Gasteiger partial charge in [0.05, 0.1) is 5.75 Å². The van der Waals surface area contributed by atoms with Crippen molar-refractivity contribution in [1.29, 1.82) is 5.41 Å². The first-order chi connectivity index (χ1) is 7.49. The van der Waals surface area contributed by atoms with Crippen molar-refractivity contribution in [3.05, 3.63) is 5.89 Å². The molecule has 7 nitrogen and oxygen atoms in total. The Balaban J connectivity index is 2.46. The van der Waals surface area contributed by atoms with Crippen molar-refractivity contribution < 1.29 is 9.21 Å². The minimum atomic E-state index is -0.334. The van der Waals surface area contributed by atoms with Crippen LogP contribution in [-0.2, 0) is 4.79 Å². The number of nitrogens with two attached hydrogens (primary N) is 1. The molecular formula is C8H13N5O2S. The molecule has 1 rings (SSSR count). The zero-order valence-corrected chi connectivity index (χ0v) is 9.80. The Bertz CT molecular complexity index is 390. The lowest BCUT2D eigenvalue weighted by Crippen LogP contribution is -2.17. The van der Waals surface area contributed by atoms with Gasteiger partial charge in [0.1, 0.15) is 0 Å². The third-order valence-electron chi connectivity index (χ3n) is 1.54. The van der Waals surface area contributed by atoms with Gasteiger partial charge < -0.3 is 10.2 Å². The van der Waals surface area contributed by atoms with E-state index in [0.29, 0.717) is 5.89 Å². The molecule has 0 aliphatic rings. The van der Waals surface area contributed by atoms with Crippen LogP contribution in [0.2, 0.25) is 0 Å². The number of hydrogen-bond acceptors (Lipinski definition) is 6. The summed E-state index contributed by atoms with van der Waals surface area (Å²) < 4.78 is 5.17. The maximum absolute atomic E-state index is 11.3. The lowest BCUT2D eigenvalue weighted by Gasteiger charge is -1.99. The van der Waals surface area contributed by atoms with E-state index in [0.717, 1.165) is 11.8 Å². The molecule has 0 spiro atoms. The van der Waals surface area contributed by atoms with Gasteiger partial charge in [0.15, 0.2) is 5.17 Å². The van der Waals surface area contributed by atoms with Crippen LogP contribution in [0.1, 0.15) is 25.7 Å². The second kappa shape index (κ2) is 5.50. The standard InChI is InChI=1S/C8H13N5O2S/c1-4(2)6-12-13-8(15-6)11-5(14)3-16-7(9)10/h4H,3H2,1-2H3,(H3,9,10)(H,11,13,14). The van der Waals surface area contributed by atoms with E-state index in [9.17, 15) is 4.79 Å². The fraction of sp³-hybridized carbons (Fsp3) is 0.500. The molecule has 88 valence electrons.